The summed E-state index contributed by atoms with van der Waals surface area (Å²) in [4.78, 5) is 20.9. The van der Waals surface area contributed by atoms with E-state index >= 15 is 0 Å². The highest BCUT2D eigenvalue weighted by Crippen LogP contribution is 2.10. The Morgan fingerprint density at radius 1 is 0.852 bits per heavy atom. The molecule has 0 amide bonds. The minimum atomic E-state index is -0.991. The van der Waals surface area contributed by atoms with Crippen molar-refractivity contribution in [2.24, 2.45) is 0 Å². The van der Waals surface area contributed by atoms with Crippen LogP contribution in [0.3, 0.4) is 0 Å². The zero-order valence-corrected chi connectivity index (χ0v) is 16.5. The zero-order valence-electron chi connectivity index (χ0n) is 16.5. The summed E-state index contributed by atoms with van der Waals surface area (Å²) in [6, 6.07) is -0.991. The summed E-state index contributed by atoms with van der Waals surface area (Å²) >= 11 is 0. The van der Waals surface area contributed by atoms with Crippen LogP contribution in [0.15, 0.2) is 48.6 Å². The minimum Gasteiger partial charge on any atom is -0.386 e. The monoisotopic (exact) mass is 377 g/mol. The van der Waals surface area contributed by atoms with Crippen molar-refractivity contribution in [3.63, 3.8) is 0 Å². The molecule has 0 saturated carbocycles. The third-order valence-corrected chi connectivity index (χ3v) is 4.11. The third kappa shape index (κ3) is 15.9. The van der Waals surface area contributed by atoms with Gasteiger partial charge in [-0.1, -0.05) is 68.4 Å². The van der Waals surface area contributed by atoms with Crippen molar-refractivity contribution in [2.45, 2.75) is 83.3 Å². The first-order valence-electron chi connectivity index (χ1n) is 9.98. The van der Waals surface area contributed by atoms with Crippen LogP contribution in [-0.2, 0) is 4.79 Å². The van der Waals surface area contributed by atoms with Crippen LogP contribution in [0.2, 0.25) is 0 Å². The molecule has 152 valence electrons. The Kier molecular flexibility index (Phi) is 17.4. The predicted molar refractivity (Wildman–Crippen MR) is 111 cm³/mol. The number of nitrogens with zero attached hydrogens (tertiary/aromatic N) is 1. The summed E-state index contributed by atoms with van der Waals surface area (Å²) in [6.45, 7) is 2.18. The summed E-state index contributed by atoms with van der Waals surface area (Å²) < 4.78 is 0. The van der Waals surface area contributed by atoms with Crippen LogP contribution >= 0.6 is 0 Å². The zero-order chi connectivity index (χ0) is 20.2. The highest BCUT2D eigenvalue weighted by Gasteiger charge is 2.27. The molecule has 0 fully saturated rings. The second kappa shape index (κ2) is 18.8. The summed E-state index contributed by atoms with van der Waals surface area (Å²) in [7, 11) is 0. The lowest BCUT2D eigenvalue weighted by molar-refractivity contribution is -0.533. The molecule has 0 aromatic heterocycles. The highest BCUT2D eigenvalue weighted by molar-refractivity contribution is 5.49. The molecule has 5 heteroatoms. The van der Waals surface area contributed by atoms with Crippen molar-refractivity contribution in [2.75, 3.05) is 0 Å². The van der Waals surface area contributed by atoms with Gasteiger partial charge in [0.1, 0.15) is 12.4 Å². The normalized spacial score (nSPS) is 14.6. The van der Waals surface area contributed by atoms with Crippen LogP contribution in [-0.4, -0.2) is 28.5 Å². The summed E-state index contributed by atoms with van der Waals surface area (Å²) in [5.74, 6) is 0. The topological polar surface area (TPSA) is 80.4 Å². The Morgan fingerprint density at radius 2 is 1.44 bits per heavy atom. The van der Waals surface area contributed by atoms with Gasteiger partial charge in [0.15, 0.2) is 0 Å². The Hall–Kier alpha value is -2.01. The van der Waals surface area contributed by atoms with Crippen molar-refractivity contribution in [1.82, 2.24) is 0 Å². The van der Waals surface area contributed by atoms with E-state index in [1.165, 1.54) is 19.3 Å². The quantitative estimate of drug-likeness (QED) is 0.122. The maximum Gasteiger partial charge on any atom is 0.242 e. The molecule has 5 nitrogen and oxygen atoms in total. The minimum absolute atomic E-state index is 0.210. The number of allylic oxidation sites excluding steroid dienone is 6. The van der Waals surface area contributed by atoms with Crippen molar-refractivity contribution in [1.29, 1.82) is 0 Å². The van der Waals surface area contributed by atoms with E-state index in [0.29, 0.717) is 19.3 Å². The number of unbranched alkanes of at least 4 members (excludes halogenated alkanes) is 4. The first kappa shape index (κ1) is 25.0. The molecule has 27 heavy (non-hydrogen) atoms. The number of aliphatic hydroxyl groups excluding tert-OH is 1. The van der Waals surface area contributed by atoms with E-state index in [1.807, 2.05) is 30.4 Å². The molecule has 0 bridgehead atoms. The SMILES string of the molecule is CCCCC/C=C\C/C=C\CC(O)C(C/C=C\C/C=C\CCC=O)[N+](=O)[O-]. The molecule has 0 radical (unpaired) electrons. The van der Waals surface area contributed by atoms with Crippen molar-refractivity contribution < 1.29 is 14.8 Å². The van der Waals surface area contributed by atoms with E-state index < -0.39 is 17.1 Å². The van der Waals surface area contributed by atoms with Gasteiger partial charge in [0.25, 0.3) is 0 Å². The number of nitro groups is 1. The predicted octanol–water partition coefficient (Wildman–Crippen LogP) is 5.34. The van der Waals surface area contributed by atoms with Crippen LogP contribution in [0.4, 0.5) is 0 Å². The third-order valence-electron chi connectivity index (χ3n) is 4.11. The number of aldehydes is 1. The van der Waals surface area contributed by atoms with E-state index in [9.17, 15) is 20.0 Å². The van der Waals surface area contributed by atoms with Crippen LogP contribution in [0.25, 0.3) is 0 Å². The molecule has 0 aromatic rings. The fraction of sp³-hybridized carbons (Fsp3) is 0.591. The molecular weight excluding hydrogens is 342 g/mol. The van der Waals surface area contributed by atoms with Gasteiger partial charge in [-0.2, -0.15) is 0 Å². The molecule has 0 rings (SSSR count). The van der Waals surface area contributed by atoms with Crippen LogP contribution in [0.1, 0.15) is 71.1 Å². The van der Waals surface area contributed by atoms with Crippen LogP contribution in [0, 0.1) is 10.1 Å². The molecule has 0 spiro atoms. The van der Waals surface area contributed by atoms with E-state index in [-0.39, 0.29) is 12.8 Å². The number of hydrogen-bond acceptors (Lipinski definition) is 4. The number of carbonyl (C=O) groups excluding carboxylic acids is 1. The molecule has 2 unspecified atom stereocenters. The fourth-order valence-corrected chi connectivity index (χ4v) is 2.47. The van der Waals surface area contributed by atoms with E-state index in [4.69, 9.17) is 0 Å². The average molecular weight is 378 g/mol. The Labute approximate surface area is 163 Å². The molecule has 0 aromatic carbocycles. The Morgan fingerprint density at radius 3 is 2.04 bits per heavy atom. The van der Waals surface area contributed by atoms with Crippen LogP contribution in [0.5, 0.6) is 0 Å². The summed E-state index contributed by atoms with van der Waals surface area (Å²) in [5.41, 5.74) is 0. The molecule has 0 saturated heterocycles. The summed E-state index contributed by atoms with van der Waals surface area (Å²) in [5, 5.41) is 21.3. The van der Waals surface area contributed by atoms with Gasteiger partial charge in [0, 0.05) is 17.8 Å². The largest absolute Gasteiger partial charge is 0.386 e. The Balaban J connectivity index is 4.11. The van der Waals surface area contributed by atoms with Gasteiger partial charge in [-0.3, -0.25) is 10.1 Å². The van der Waals surface area contributed by atoms with Gasteiger partial charge in [-0.25, -0.2) is 0 Å². The lowest BCUT2D eigenvalue weighted by atomic mass is 10.0. The maximum absolute atomic E-state index is 11.2. The van der Waals surface area contributed by atoms with Gasteiger partial charge in [-0.15, -0.1) is 0 Å². The number of carbonyl (C=O) groups is 1. The van der Waals surface area contributed by atoms with Crippen molar-refractivity contribution in [3.8, 4) is 0 Å². The molecule has 0 aliphatic heterocycles. The first-order chi connectivity index (χ1) is 13.1. The van der Waals surface area contributed by atoms with E-state index in [0.717, 1.165) is 19.1 Å². The second-order valence-electron chi connectivity index (χ2n) is 6.49. The second-order valence-corrected chi connectivity index (χ2v) is 6.49. The van der Waals surface area contributed by atoms with Gasteiger partial charge < -0.3 is 9.90 Å². The average Bonchev–Trinajstić information content (AvgIpc) is 2.65. The number of hydrogen-bond donors (Lipinski definition) is 1. The lowest BCUT2D eigenvalue weighted by Crippen LogP contribution is -2.32. The fourth-order valence-electron chi connectivity index (χ4n) is 2.47. The molecule has 0 heterocycles. The maximum atomic E-state index is 11.2. The highest BCUT2D eigenvalue weighted by atomic mass is 16.6. The number of rotatable bonds is 17. The Bertz CT molecular complexity index is 495. The van der Waals surface area contributed by atoms with Gasteiger partial charge in [0.2, 0.25) is 6.04 Å². The van der Waals surface area contributed by atoms with Gasteiger partial charge >= 0.3 is 0 Å². The standard InChI is InChI=1S/C22H35NO4/c1-2-3-4-5-6-7-10-13-16-19-22(25)21(23(26)27)18-15-12-9-8-11-14-17-20-24/h6-8,11-13,15-16,20-22,25H,2-5,9-10,14,17-19H2,1H3/b7-6-,11-8-,15-12-,16-13-. The van der Waals surface area contributed by atoms with E-state index in [2.05, 4.69) is 19.1 Å². The molecule has 1 N–H and O–H groups in total. The molecule has 0 aliphatic rings. The van der Waals surface area contributed by atoms with Gasteiger partial charge in [-0.05, 0) is 38.5 Å². The molecular formula is C22H35NO4. The van der Waals surface area contributed by atoms with Crippen LogP contribution < -0.4 is 0 Å². The number of aliphatic hydroxyl groups is 1. The van der Waals surface area contributed by atoms with Crippen molar-refractivity contribution >= 4 is 6.29 Å². The molecule has 0 aliphatic carbocycles. The summed E-state index contributed by atoms with van der Waals surface area (Å²) in [6.07, 6.45) is 23.3. The lowest BCUT2D eigenvalue weighted by Gasteiger charge is -2.12. The van der Waals surface area contributed by atoms with Gasteiger partial charge in [0.05, 0.1) is 0 Å². The smallest absolute Gasteiger partial charge is 0.242 e. The van der Waals surface area contributed by atoms with E-state index in [1.54, 1.807) is 6.08 Å². The van der Waals surface area contributed by atoms with Crippen molar-refractivity contribution in [3.05, 3.63) is 58.7 Å². The molecule has 2 atom stereocenters. The first-order valence-corrected chi connectivity index (χ1v) is 9.98.